The number of nitrogens with one attached hydrogen (secondary N) is 1. The van der Waals surface area contributed by atoms with Crippen LogP contribution < -0.4 is 5.56 Å². The number of nitrogens with zero attached hydrogens (tertiary/aromatic N) is 2. The normalized spacial score (nSPS) is 10.1. The summed E-state index contributed by atoms with van der Waals surface area (Å²) in [5, 5.41) is 20.0. The molecule has 1 aromatic heterocycles. The summed E-state index contributed by atoms with van der Waals surface area (Å²) < 4.78 is 0. The molecule has 0 atom stereocenters. The van der Waals surface area contributed by atoms with E-state index >= 15 is 0 Å². The Bertz CT molecular complexity index is 800. The Morgan fingerprint density at radius 3 is 2.60 bits per heavy atom. The molecule has 0 saturated carbocycles. The van der Waals surface area contributed by atoms with Crippen molar-refractivity contribution in [2.75, 3.05) is 0 Å². The minimum absolute atomic E-state index is 0.0377. The molecular weight excluding hydrogens is 258 g/mol. The Balaban J connectivity index is 2.76. The third-order valence-electron chi connectivity index (χ3n) is 3.00. The molecule has 6 heteroatoms. The van der Waals surface area contributed by atoms with E-state index in [4.69, 9.17) is 5.26 Å². The van der Waals surface area contributed by atoms with Gasteiger partial charge in [-0.1, -0.05) is 12.1 Å². The van der Waals surface area contributed by atoms with Gasteiger partial charge in [-0.3, -0.25) is 14.9 Å². The molecule has 0 bridgehead atoms. The second kappa shape index (κ2) is 4.97. The van der Waals surface area contributed by atoms with Gasteiger partial charge >= 0.3 is 0 Å². The van der Waals surface area contributed by atoms with Crippen LogP contribution in [-0.2, 0) is 0 Å². The van der Waals surface area contributed by atoms with Gasteiger partial charge in [0, 0.05) is 22.9 Å². The highest BCUT2D eigenvalue weighted by atomic mass is 16.6. The number of nitro benzene ring substituents is 1. The lowest BCUT2D eigenvalue weighted by atomic mass is 9.99. The van der Waals surface area contributed by atoms with E-state index < -0.39 is 10.5 Å². The average Bonchev–Trinajstić information content (AvgIpc) is 2.38. The van der Waals surface area contributed by atoms with Gasteiger partial charge in [-0.25, -0.2) is 0 Å². The highest BCUT2D eigenvalue weighted by Gasteiger charge is 2.15. The Kier molecular flexibility index (Phi) is 3.36. The summed E-state index contributed by atoms with van der Waals surface area (Å²) in [4.78, 5) is 24.8. The van der Waals surface area contributed by atoms with E-state index in [9.17, 15) is 14.9 Å². The maximum atomic E-state index is 11.7. The monoisotopic (exact) mass is 269 g/mol. The lowest BCUT2D eigenvalue weighted by Gasteiger charge is -2.06. The van der Waals surface area contributed by atoms with E-state index in [0.29, 0.717) is 22.4 Å². The van der Waals surface area contributed by atoms with Crippen LogP contribution >= 0.6 is 0 Å². The number of hydrogen-bond acceptors (Lipinski definition) is 4. The summed E-state index contributed by atoms with van der Waals surface area (Å²) in [6.45, 7) is 3.32. The molecule has 0 amide bonds. The largest absolute Gasteiger partial charge is 0.325 e. The number of benzene rings is 1. The molecule has 0 aliphatic carbocycles. The predicted octanol–water partition coefficient (Wildman–Crippen LogP) is 2.44. The van der Waals surface area contributed by atoms with Crippen LogP contribution in [0, 0.1) is 35.3 Å². The molecule has 0 fully saturated rings. The number of H-pyrrole nitrogens is 1. The third-order valence-corrected chi connectivity index (χ3v) is 3.00. The van der Waals surface area contributed by atoms with Crippen molar-refractivity contribution in [1.29, 1.82) is 5.26 Å². The van der Waals surface area contributed by atoms with E-state index in [1.165, 1.54) is 6.07 Å². The molecule has 0 unspecified atom stereocenters. The van der Waals surface area contributed by atoms with Crippen LogP contribution in [0.15, 0.2) is 29.1 Å². The first-order chi connectivity index (χ1) is 9.43. The Labute approximate surface area is 114 Å². The number of aromatic amines is 1. The van der Waals surface area contributed by atoms with E-state index in [1.807, 2.05) is 6.07 Å². The van der Waals surface area contributed by atoms with Crippen molar-refractivity contribution in [3.05, 3.63) is 61.6 Å². The van der Waals surface area contributed by atoms with E-state index in [-0.39, 0.29) is 11.3 Å². The molecule has 1 aromatic carbocycles. The topological polar surface area (TPSA) is 99.8 Å². The zero-order valence-electron chi connectivity index (χ0n) is 10.9. The SMILES string of the molecule is Cc1cc(-c2ccc(C)c([N+](=O)[O-])c2)c(C#N)c(=O)[nH]1. The highest BCUT2D eigenvalue weighted by Crippen LogP contribution is 2.28. The van der Waals surface area contributed by atoms with Gasteiger partial charge in [0.05, 0.1) is 4.92 Å². The molecule has 2 aromatic rings. The smallest absolute Gasteiger partial charge is 0.272 e. The van der Waals surface area contributed by atoms with Gasteiger partial charge in [-0.2, -0.15) is 5.26 Å². The molecule has 0 aliphatic heterocycles. The Morgan fingerprint density at radius 1 is 1.30 bits per heavy atom. The summed E-state index contributed by atoms with van der Waals surface area (Å²) in [5.41, 5.74) is 1.42. The maximum Gasteiger partial charge on any atom is 0.272 e. The van der Waals surface area contributed by atoms with Crippen LogP contribution in [-0.4, -0.2) is 9.91 Å². The molecule has 0 spiro atoms. The van der Waals surface area contributed by atoms with Gasteiger partial charge in [0.1, 0.15) is 11.6 Å². The van der Waals surface area contributed by atoms with Gasteiger partial charge in [0.15, 0.2) is 0 Å². The summed E-state index contributed by atoms with van der Waals surface area (Å²) in [6.07, 6.45) is 0. The molecular formula is C14H11N3O3. The zero-order chi connectivity index (χ0) is 14.9. The number of hydrogen-bond donors (Lipinski definition) is 1. The summed E-state index contributed by atoms with van der Waals surface area (Å²) in [7, 11) is 0. The molecule has 1 N–H and O–H groups in total. The fourth-order valence-corrected chi connectivity index (χ4v) is 2.00. The van der Waals surface area contributed by atoms with E-state index in [2.05, 4.69) is 4.98 Å². The molecule has 100 valence electrons. The number of aryl methyl sites for hydroxylation is 2. The number of nitriles is 1. The van der Waals surface area contributed by atoms with Crippen molar-refractivity contribution < 1.29 is 4.92 Å². The van der Waals surface area contributed by atoms with E-state index in [0.717, 1.165) is 0 Å². The van der Waals surface area contributed by atoms with Gasteiger partial charge in [-0.05, 0) is 25.5 Å². The summed E-state index contributed by atoms with van der Waals surface area (Å²) in [6, 6.07) is 8.12. The van der Waals surface area contributed by atoms with Crippen LogP contribution in [0.25, 0.3) is 11.1 Å². The van der Waals surface area contributed by atoms with Gasteiger partial charge in [0.2, 0.25) is 0 Å². The minimum Gasteiger partial charge on any atom is -0.325 e. The first-order valence-corrected chi connectivity index (χ1v) is 5.83. The fraction of sp³-hybridized carbons (Fsp3) is 0.143. The molecule has 0 aliphatic rings. The number of rotatable bonds is 2. The first kappa shape index (κ1) is 13.5. The van der Waals surface area contributed by atoms with Crippen molar-refractivity contribution in [1.82, 2.24) is 4.98 Å². The molecule has 6 nitrogen and oxygen atoms in total. The van der Waals surface area contributed by atoms with Gasteiger partial charge in [-0.15, -0.1) is 0 Å². The summed E-state index contributed by atoms with van der Waals surface area (Å²) >= 11 is 0. The van der Waals surface area contributed by atoms with Crippen molar-refractivity contribution in [2.24, 2.45) is 0 Å². The lowest BCUT2D eigenvalue weighted by Crippen LogP contribution is -2.12. The molecule has 0 saturated heterocycles. The number of pyridine rings is 1. The van der Waals surface area contributed by atoms with Gasteiger partial charge < -0.3 is 4.98 Å². The first-order valence-electron chi connectivity index (χ1n) is 5.83. The minimum atomic E-state index is -0.495. The molecule has 0 radical (unpaired) electrons. The standard InChI is InChI=1S/C14H11N3O3/c1-8-3-4-10(6-13(8)17(19)20)11-5-9(2)16-14(18)12(11)7-15/h3-6H,1-2H3,(H,16,18). The number of aromatic nitrogens is 1. The highest BCUT2D eigenvalue weighted by molar-refractivity contribution is 5.72. The Morgan fingerprint density at radius 2 is 2.00 bits per heavy atom. The van der Waals surface area contributed by atoms with Crippen LogP contribution in [0.2, 0.25) is 0 Å². The second-order valence-corrected chi connectivity index (χ2v) is 4.44. The molecule has 2 rings (SSSR count). The molecule has 1 heterocycles. The van der Waals surface area contributed by atoms with Crippen molar-refractivity contribution in [2.45, 2.75) is 13.8 Å². The fourth-order valence-electron chi connectivity index (χ4n) is 2.00. The quantitative estimate of drug-likeness (QED) is 0.668. The molecule has 20 heavy (non-hydrogen) atoms. The number of nitro groups is 1. The van der Waals surface area contributed by atoms with Crippen LogP contribution in [0.1, 0.15) is 16.8 Å². The summed E-state index contributed by atoms with van der Waals surface area (Å²) in [5.74, 6) is 0. The van der Waals surface area contributed by atoms with Crippen LogP contribution in [0.3, 0.4) is 0 Å². The predicted molar refractivity (Wildman–Crippen MR) is 73.3 cm³/mol. The van der Waals surface area contributed by atoms with E-state index in [1.54, 1.807) is 32.0 Å². The second-order valence-electron chi connectivity index (χ2n) is 4.44. The lowest BCUT2D eigenvalue weighted by molar-refractivity contribution is -0.385. The Hall–Kier alpha value is -2.94. The van der Waals surface area contributed by atoms with Crippen molar-refractivity contribution in [3.8, 4) is 17.2 Å². The zero-order valence-corrected chi connectivity index (χ0v) is 10.9. The van der Waals surface area contributed by atoms with Crippen molar-refractivity contribution in [3.63, 3.8) is 0 Å². The average molecular weight is 269 g/mol. The third kappa shape index (κ3) is 2.29. The van der Waals surface area contributed by atoms with Crippen LogP contribution in [0.4, 0.5) is 5.69 Å². The van der Waals surface area contributed by atoms with Gasteiger partial charge in [0.25, 0.3) is 11.2 Å². The van der Waals surface area contributed by atoms with Crippen LogP contribution in [0.5, 0.6) is 0 Å². The maximum absolute atomic E-state index is 11.7. The van der Waals surface area contributed by atoms with Crippen molar-refractivity contribution >= 4 is 5.69 Å².